The molecule has 1 aliphatic rings. The molecule has 1 N–H and O–H groups in total. The van der Waals surface area contributed by atoms with Gasteiger partial charge in [0, 0.05) is 18.8 Å². The van der Waals surface area contributed by atoms with E-state index >= 15 is 0 Å². The maximum Gasteiger partial charge on any atom is 0.267 e. The first kappa shape index (κ1) is 22.5. The van der Waals surface area contributed by atoms with Crippen LogP contribution in [-0.4, -0.2) is 24.6 Å². The van der Waals surface area contributed by atoms with Gasteiger partial charge in [-0.15, -0.1) is 0 Å². The Bertz CT molecular complexity index is 879. The van der Waals surface area contributed by atoms with Gasteiger partial charge in [0.05, 0.1) is 10.7 Å². The number of anilines is 2. The summed E-state index contributed by atoms with van der Waals surface area (Å²) in [6.45, 7) is 12.1. The van der Waals surface area contributed by atoms with Crippen LogP contribution in [0.1, 0.15) is 59.4 Å². The number of rotatable bonds is 5. The average molecular weight is 429 g/mol. The predicted molar refractivity (Wildman–Crippen MR) is 126 cm³/mol. The molecule has 5 heteroatoms. The molecule has 3 rings (SSSR count). The molecule has 1 aliphatic heterocycles. The molecule has 2 aromatic rings. The summed E-state index contributed by atoms with van der Waals surface area (Å²) in [7, 11) is 0. The number of halogens is 1. The number of benzene rings is 2. The highest BCUT2D eigenvalue weighted by Crippen LogP contribution is 2.31. The lowest BCUT2D eigenvalue weighted by molar-refractivity contribution is -0.128. The molecule has 4 nitrogen and oxygen atoms in total. The first-order valence-corrected chi connectivity index (χ1v) is 11.1. The molecule has 0 unspecified atom stereocenters. The van der Waals surface area contributed by atoms with Gasteiger partial charge < -0.3 is 15.0 Å². The van der Waals surface area contributed by atoms with Crippen molar-refractivity contribution >= 4 is 28.9 Å². The molecule has 0 aromatic heterocycles. The lowest BCUT2D eigenvalue weighted by atomic mass is 9.87. The molecule has 0 bridgehead atoms. The fourth-order valence-corrected chi connectivity index (χ4v) is 3.92. The van der Waals surface area contributed by atoms with E-state index in [1.807, 2.05) is 42.5 Å². The summed E-state index contributed by atoms with van der Waals surface area (Å²) in [6.07, 6.45) is 3.66. The minimum atomic E-state index is -1.03. The minimum Gasteiger partial charge on any atom is -0.478 e. The van der Waals surface area contributed by atoms with Gasteiger partial charge in [-0.2, -0.15) is 0 Å². The standard InChI is InChI=1S/C25H33ClN2O2/c1-24(2,3)18-9-12-20(13-10-18)30-25(4,5)23(29)27-19-11-14-22(21(26)17-19)28-15-7-6-8-16-28/h9-14,17H,6-8,15-16H2,1-5H3,(H,27,29). The number of hydrogen-bond donors (Lipinski definition) is 1. The summed E-state index contributed by atoms with van der Waals surface area (Å²) in [5, 5.41) is 3.60. The van der Waals surface area contributed by atoms with Gasteiger partial charge in [0.1, 0.15) is 5.75 Å². The molecule has 2 aromatic carbocycles. The summed E-state index contributed by atoms with van der Waals surface area (Å²) >= 11 is 6.52. The van der Waals surface area contributed by atoms with Gasteiger partial charge in [-0.1, -0.05) is 44.5 Å². The van der Waals surface area contributed by atoms with Crippen LogP contribution in [0.3, 0.4) is 0 Å². The topological polar surface area (TPSA) is 41.6 Å². The van der Waals surface area contributed by atoms with E-state index in [9.17, 15) is 4.79 Å². The van der Waals surface area contributed by atoms with Crippen LogP contribution in [-0.2, 0) is 10.2 Å². The van der Waals surface area contributed by atoms with Gasteiger partial charge in [0.15, 0.2) is 5.60 Å². The van der Waals surface area contributed by atoms with E-state index in [1.165, 1.54) is 24.8 Å². The molecule has 30 heavy (non-hydrogen) atoms. The highest BCUT2D eigenvalue weighted by molar-refractivity contribution is 6.33. The van der Waals surface area contributed by atoms with Crippen LogP contribution < -0.4 is 15.0 Å². The number of carbonyl (C=O) groups excluding carboxylic acids is 1. The predicted octanol–water partition coefficient (Wildman–Crippen LogP) is 6.42. The first-order chi connectivity index (χ1) is 14.1. The average Bonchev–Trinajstić information content (AvgIpc) is 2.68. The number of amides is 1. The number of nitrogens with one attached hydrogen (secondary N) is 1. The van der Waals surface area contributed by atoms with Crippen LogP contribution >= 0.6 is 11.6 Å². The van der Waals surface area contributed by atoms with Gasteiger partial charge in [0.2, 0.25) is 0 Å². The molecule has 1 fully saturated rings. The van der Waals surface area contributed by atoms with Crippen LogP contribution in [0.15, 0.2) is 42.5 Å². The van der Waals surface area contributed by atoms with Gasteiger partial charge in [0.25, 0.3) is 5.91 Å². The van der Waals surface area contributed by atoms with Crippen molar-refractivity contribution in [3.63, 3.8) is 0 Å². The molecule has 0 atom stereocenters. The van der Waals surface area contributed by atoms with E-state index in [0.717, 1.165) is 18.8 Å². The van der Waals surface area contributed by atoms with Crippen molar-refractivity contribution in [1.82, 2.24) is 0 Å². The van der Waals surface area contributed by atoms with E-state index in [4.69, 9.17) is 16.3 Å². The second kappa shape index (κ2) is 8.89. The van der Waals surface area contributed by atoms with Crippen molar-refractivity contribution in [3.05, 3.63) is 53.1 Å². The fourth-order valence-electron chi connectivity index (χ4n) is 3.62. The van der Waals surface area contributed by atoms with Crippen LogP contribution in [0.2, 0.25) is 5.02 Å². The maximum absolute atomic E-state index is 12.9. The molecule has 1 saturated heterocycles. The largest absolute Gasteiger partial charge is 0.478 e. The Kier molecular flexibility index (Phi) is 6.66. The fraction of sp³-hybridized carbons (Fsp3) is 0.480. The number of ether oxygens (including phenoxy) is 1. The second-order valence-corrected chi connectivity index (χ2v) is 9.96. The summed E-state index contributed by atoms with van der Waals surface area (Å²) in [5.41, 5.74) is 1.97. The minimum absolute atomic E-state index is 0.0745. The smallest absolute Gasteiger partial charge is 0.267 e. The molecular formula is C25H33ClN2O2. The lowest BCUT2D eigenvalue weighted by Crippen LogP contribution is -2.42. The molecule has 0 spiro atoms. The van der Waals surface area contributed by atoms with E-state index in [1.54, 1.807) is 13.8 Å². The van der Waals surface area contributed by atoms with Gasteiger partial charge in [-0.05, 0) is 74.4 Å². The molecule has 1 amide bonds. The second-order valence-electron chi connectivity index (χ2n) is 9.55. The summed E-state index contributed by atoms with van der Waals surface area (Å²) in [6, 6.07) is 13.6. The van der Waals surface area contributed by atoms with E-state index in [0.29, 0.717) is 16.5 Å². The van der Waals surface area contributed by atoms with Crippen molar-refractivity contribution in [2.45, 2.75) is 64.9 Å². The first-order valence-electron chi connectivity index (χ1n) is 10.7. The Hall–Kier alpha value is -2.20. The Morgan fingerprint density at radius 1 is 0.967 bits per heavy atom. The zero-order valence-electron chi connectivity index (χ0n) is 18.7. The lowest BCUT2D eigenvalue weighted by Gasteiger charge is -2.30. The SMILES string of the molecule is CC(C)(Oc1ccc(C(C)(C)C)cc1)C(=O)Nc1ccc(N2CCCCC2)c(Cl)c1. The summed E-state index contributed by atoms with van der Waals surface area (Å²) in [4.78, 5) is 15.2. The van der Waals surface area contributed by atoms with Crippen molar-refractivity contribution < 1.29 is 9.53 Å². The van der Waals surface area contributed by atoms with Crippen molar-refractivity contribution in [2.75, 3.05) is 23.3 Å². The van der Waals surface area contributed by atoms with Crippen LogP contribution in [0.4, 0.5) is 11.4 Å². The van der Waals surface area contributed by atoms with E-state index < -0.39 is 5.60 Å². The zero-order valence-corrected chi connectivity index (χ0v) is 19.5. The molecule has 0 radical (unpaired) electrons. The van der Waals surface area contributed by atoms with Crippen LogP contribution in [0.5, 0.6) is 5.75 Å². The molecule has 1 heterocycles. The quantitative estimate of drug-likeness (QED) is 0.597. The number of carbonyl (C=O) groups is 1. The Balaban J connectivity index is 1.66. The third-order valence-electron chi connectivity index (χ3n) is 5.54. The Labute approximate surface area is 185 Å². The monoisotopic (exact) mass is 428 g/mol. The highest BCUT2D eigenvalue weighted by Gasteiger charge is 2.30. The number of piperidine rings is 1. The van der Waals surface area contributed by atoms with Gasteiger partial charge in [-0.25, -0.2) is 0 Å². The van der Waals surface area contributed by atoms with Crippen molar-refractivity contribution in [1.29, 1.82) is 0 Å². The Morgan fingerprint density at radius 2 is 1.60 bits per heavy atom. The van der Waals surface area contributed by atoms with Crippen molar-refractivity contribution in [2.24, 2.45) is 0 Å². The third-order valence-corrected chi connectivity index (χ3v) is 5.85. The van der Waals surface area contributed by atoms with Gasteiger partial charge >= 0.3 is 0 Å². The number of nitrogens with zero attached hydrogens (tertiary/aromatic N) is 1. The molecular weight excluding hydrogens is 396 g/mol. The summed E-state index contributed by atoms with van der Waals surface area (Å²) < 4.78 is 6.00. The van der Waals surface area contributed by atoms with E-state index in [2.05, 4.69) is 31.0 Å². The van der Waals surface area contributed by atoms with Gasteiger partial charge in [-0.3, -0.25) is 4.79 Å². The van der Waals surface area contributed by atoms with Crippen LogP contribution in [0, 0.1) is 0 Å². The van der Waals surface area contributed by atoms with Crippen LogP contribution in [0.25, 0.3) is 0 Å². The number of hydrogen-bond acceptors (Lipinski definition) is 3. The molecule has 0 saturated carbocycles. The molecule has 0 aliphatic carbocycles. The van der Waals surface area contributed by atoms with Crippen molar-refractivity contribution in [3.8, 4) is 5.75 Å². The third kappa shape index (κ3) is 5.48. The molecule has 162 valence electrons. The zero-order chi connectivity index (χ0) is 21.9. The van der Waals surface area contributed by atoms with E-state index in [-0.39, 0.29) is 11.3 Å². The highest BCUT2D eigenvalue weighted by atomic mass is 35.5. The summed E-state index contributed by atoms with van der Waals surface area (Å²) in [5.74, 6) is 0.450. The normalized spacial score (nSPS) is 15.1. The Morgan fingerprint density at radius 3 is 2.17 bits per heavy atom. The maximum atomic E-state index is 12.9.